The highest BCUT2D eigenvalue weighted by molar-refractivity contribution is 5.90. The van der Waals surface area contributed by atoms with Crippen molar-refractivity contribution in [2.45, 2.75) is 90.6 Å². The average Bonchev–Trinajstić information content (AvgIpc) is 3.28. The summed E-state index contributed by atoms with van der Waals surface area (Å²) in [5.41, 5.74) is 4.22. The second-order valence-corrected chi connectivity index (χ2v) is 10.6. The molecule has 1 saturated carbocycles. The molecule has 0 radical (unpaired) electrons. The van der Waals surface area contributed by atoms with Crippen molar-refractivity contribution in [2.24, 2.45) is 0 Å². The van der Waals surface area contributed by atoms with E-state index in [0.29, 0.717) is 23.4 Å². The molecule has 0 bridgehead atoms. The molecule has 0 spiro atoms. The molecule has 0 N–H and O–H groups in total. The van der Waals surface area contributed by atoms with Crippen LogP contribution in [0.1, 0.15) is 80.2 Å². The van der Waals surface area contributed by atoms with Gasteiger partial charge in [-0.1, -0.05) is 31.9 Å². The minimum atomic E-state index is -1.75. The lowest BCUT2D eigenvalue weighted by atomic mass is 9.85. The van der Waals surface area contributed by atoms with Crippen molar-refractivity contribution < 1.29 is 23.8 Å². The monoisotopic (exact) mass is 516 g/mol. The second-order valence-electron chi connectivity index (χ2n) is 10.6. The highest BCUT2D eigenvalue weighted by Gasteiger charge is 2.51. The fourth-order valence-electron chi connectivity index (χ4n) is 6.32. The van der Waals surface area contributed by atoms with E-state index in [1.165, 1.54) is 0 Å². The molecule has 8 heteroatoms. The molecule has 1 atom stereocenters. The van der Waals surface area contributed by atoms with E-state index in [1.807, 2.05) is 12.1 Å². The summed E-state index contributed by atoms with van der Waals surface area (Å²) in [7, 11) is 0. The summed E-state index contributed by atoms with van der Waals surface area (Å²) >= 11 is 0. The fraction of sp³-hybridized carbons (Fsp3) is 0.467. The predicted octanol–water partition coefficient (Wildman–Crippen LogP) is 5.44. The van der Waals surface area contributed by atoms with Crippen LogP contribution in [-0.2, 0) is 44.2 Å². The molecular weight excluding hydrogens is 484 g/mol. The van der Waals surface area contributed by atoms with Crippen molar-refractivity contribution in [3.63, 3.8) is 0 Å². The summed E-state index contributed by atoms with van der Waals surface area (Å²) in [6, 6.07) is 7.97. The Labute approximate surface area is 220 Å². The van der Waals surface area contributed by atoms with Crippen LogP contribution in [0.25, 0.3) is 22.3 Å². The lowest BCUT2D eigenvalue weighted by Gasteiger charge is -2.35. The lowest BCUT2D eigenvalue weighted by Crippen LogP contribution is -2.48. The zero-order valence-electron chi connectivity index (χ0n) is 22.1. The van der Waals surface area contributed by atoms with Gasteiger partial charge in [-0.2, -0.15) is 0 Å². The quantitative estimate of drug-likeness (QED) is 0.333. The van der Waals surface area contributed by atoms with Crippen LogP contribution >= 0.6 is 0 Å². The number of hydrogen-bond donors (Lipinski definition) is 0. The number of cyclic esters (lactones) is 1. The minimum Gasteiger partial charge on any atom is -0.457 e. The molecular formula is C30H32N2O6. The van der Waals surface area contributed by atoms with E-state index in [0.717, 1.165) is 71.8 Å². The highest BCUT2D eigenvalue weighted by atomic mass is 16.7. The Hall–Kier alpha value is -3.68. The first-order chi connectivity index (χ1) is 18.4. The predicted molar refractivity (Wildman–Crippen MR) is 141 cm³/mol. The Kier molecular flexibility index (Phi) is 6.00. The van der Waals surface area contributed by atoms with Gasteiger partial charge in [0.1, 0.15) is 12.7 Å². The topological polar surface area (TPSA) is 96.7 Å². The number of esters is 1. The molecule has 3 aromatic rings. The SMILES string of the molecule is CCc1c2c(nc3ccc(C)cc13)-c1cc3c(c(=O)n1C2)COC(=O)C3(CC)OC(=O)OC1CCCCC1. The summed E-state index contributed by atoms with van der Waals surface area (Å²) in [4.78, 5) is 44.9. The van der Waals surface area contributed by atoms with Crippen LogP contribution in [0.4, 0.5) is 4.79 Å². The summed E-state index contributed by atoms with van der Waals surface area (Å²) in [6.45, 7) is 6.14. The average molecular weight is 517 g/mol. The highest BCUT2D eigenvalue weighted by Crippen LogP contribution is 2.42. The van der Waals surface area contributed by atoms with Crippen LogP contribution < -0.4 is 5.56 Å². The number of ether oxygens (including phenoxy) is 3. The number of aryl methyl sites for hydroxylation is 2. The summed E-state index contributed by atoms with van der Waals surface area (Å²) in [6.07, 6.45) is 4.43. The molecule has 0 saturated heterocycles. The van der Waals surface area contributed by atoms with E-state index in [2.05, 4.69) is 19.9 Å². The summed E-state index contributed by atoms with van der Waals surface area (Å²) < 4.78 is 18.5. The molecule has 1 unspecified atom stereocenters. The molecule has 2 aliphatic heterocycles. The molecule has 2 aromatic heterocycles. The number of pyridine rings is 2. The van der Waals surface area contributed by atoms with Gasteiger partial charge in [0, 0.05) is 16.5 Å². The van der Waals surface area contributed by atoms with Gasteiger partial charge >= 0.3 is 12.1 Å². The Morgan fingerprint density at radius 1 is 1.13 bits per heavy atom. The maximum absolute atomic E-state index is 13.8. The fourth-order valence-corrected chi connectivity index (χ4v) is 6.32. The van der Waals surface area contributed by atoms with Crippen molar-refractivity contribution in [3.05, 3.63) is 62.4 Å². The van der Waals surface area contributed by atoms with E-state index in [9.17, 15) is 14.4 Å². The number of hydrogen-bond acceptors (Lipinski definition) is 7. The van der Waals surface area contributed by atoms with Crippen LogP contribution in [0.2, 0.25) is 0 Å². The van der Waals surface area contributed by atoms with Gasteiger partial charge in [0.2, 0.25) is 5.60 Å². The number of aromatic nitrogens is 2. The molecule has 4 heterocycles. The zero-order valence-corrected chi connectivity index (χ0v) is 22.1. The standard InChI is InChI=1S/C30H32N2O6/c1-4-19-20-13-17(3)11-12-24(20)31-26-21(19)15-32-25(26)14-23-22(27(32)33)16-36-28(34)30(23,5-2)38-29(35)37-18-9-7-6-8-10-18/h11-14,18H,4-10,15-16H2,1-3H3. The molecule has 1 aromatic carbocycles. The van der Waals surface area contributed by atoms with Crippen LogP contribution in [0.3, 0.4) is 0 Å². The number of benzene rings is 1. The van der Waals surface area contributed by atoms with E-state index in [-0.39, 0.29) is 24.7 Å². The number of carbonyl (C=O) groups excluding carboxylic acids is 2. The number of carbonyl (C=O) groups is 2. The first kappa shape index (κ1) is 24.6. The maximum Gasteiger partial charge on any atom is 0.510 e. The van der Waals surface area contributed by atoms with E-state index >= 15 is 0 Å². The van der Waals surface area contributed by atoms with Gasteiger partial charge in [-0.3, -0.25) is 4.79 Å². The van der Waals surface area contributed by atoms with Crippen LogP contribution in [0, 0.1) is 6.92 Å². The molecule has 0 amide bonds. The van der Waals surface area contributed by atoms with Crippen molar-refractivity contribution in [3.8, 4) is 11.4 Å². The Balaban J connectivity index is 1.47. The number of rotatable bonds is 4. The van der Waals surface area contributed by atoms with Gasteiger partial charge in [-0.25, -0.2) is 14.6 Å². The van der Waals surface area contributed by atoms with Crippen molar-refractivity contribution in [1.29, 1.82) is 0 Å². The first-order valence-corrected chi connectivity index (χ1v) is 13.6. The van der Waals surface area contributed by atoms with Crippen LogP contribution in [0.5, 0.6) is 0 Å². The summed E-state index contributed by atoms with van der Waals surface area (Å²) in [5, 5.41) is 1.09. The molecule has 3 aliphatic rings. The van der Waals surface area contributed by atoms with Gasteiger partial charge in [0.15, 0.2) is 0 Å². The second kappa shape index (κ2) is 9.26. The lowest BCUT2D eigenvalue weighted by molar-refractivity contribution is -0.176. The van der Waals surface area contributed by atoms with E-state index < -0.39 is 17.7 Å². The smallest absolute Gasteiger partial charge is 0.457 e. The van der Waals surface area contributed by atoms with Gasteiger partial charge in [0.25, 0.3) is 5.56 Å². The number of fused-ring (bicyclic) bond motifs is 5. The molecule has 1 aliphatic carbocycles. The Bertz CT molecular complexity index is 1530. The third-order valence-electron chi connectivity index (χ3n) is 8.36. The van der Waals surface area contributed by atoms with Crippen LogP contribution in [0.15, 0.2) is 29.1 Å². The Morgan fingerprint density at radius 2 is 1.92 bits per heavy atom. The number of nitrogens with zero attached hydrogens (tertiary/aromatic N) is 2. The van der Waals surface area contributed by atoms with Crippen LogP contribution in [-0.4, -0.2) is 27.8 Å². The molecule has 198 valence electrons. The summed E-state index contributed by atoms with van der Waals surface area (Å²) in [5.74, 6) is -0.688. The van der Waals surface area contributed by atoms with Crippen molar-refractivity contribution >= 4 is 23.0 Å². The zero-order chi connectivity index (χ0) is 26.6. The third-order valence-corrected chi connectivity index (χ3v) is 8.36. The van der Waals surface area contributed by atoms with E-state index in [4.69, 9.17) is 19.2 Å². The molecule has 1 fully saturated rings. The van der Waals surface area contributed by atoms with Gasteiger partial charge in [-0.15, -0.1) is 0 Å². The van der Waals surface area contributed by atoms with E-state index in [1.54, 1.807) is 17.6 Å². The van der Waals surface area contributed by atoms with Gasteiger partial charge in [-0.05, 0) is 69.2 Å². The Morgan fingerprint density at radius 3 is 2.66 bits per heavy atom. The van der Waals surface area contributed by atoms with Gasteiger partial charge < -0.3 is 18.8 Å². The maximum atomic E-state index is 13.8. The minimum absolute atomic E-state index is 0.110. The molecule has 6 rings (SSSR count). The van der Waals surface area contributed by atoms with Crippen molar-refractivity contribution in [1.82, 2.24) is 9.55 Å². The third kappa shape index (κ3) is 3.72. The molecule has 8 nitrogen and oxygen atoms in total. The van der Waals surface area contributed by atoms with Gasteiger partial charge in [0.05, 0.1) is 29.0 Å². The van der Waals surface area contributed by atoms with Crippen molar-refractivity contribution in [2.75, 3.05) is 0 Å². The molecule has 38 heavy (non-hydrogen) atoms. The normalized spacial score (nSPS) is 20.4. The largest absolute Gasteiger partial charge is 0.510 e. The first-order valence-electron chi connectivity index (χ1n) is 13.6.